The largest absolute Gasteiger partial charge is 0.445 e. The molecule has 0 radical (unpaired) electrons. The van der Waals surface area contributed by atoms with Crippen molar-refractivity contribution in [1.29, 1.82) is 0 Å². The highest BCUT2D eigenvalue weighted by Crippen LogP contribution is 2.25. The van der Waals surface area contributed by atoms with Crippen LogP contribution in [0.15, 0.2) is 30.3 Å². The molecule has 1 aromatic rings. The smallest absolute Gasteiger partial charge is 0.407 e. The number of rotatable bonds is 4. The first kappa shape index (κ1) is 16.5. The maximum Gasteiger partial charge on any atom is 0.407 e. The van der Waals surface area contributed by atoms with E-state index in [1.807, 2.05) is 37.3 Å². The number of aliphatic hydroxyl groups excluding tert-OH is 1. The van der Waals surface area contributed by atoms with E-state index in [2.05, 4.69) is 27.9 Å². The second-order valence-electron chi connectivity index (χ2n) is 5.15. The Balaban J connectivity index is 1.74. The molecular formula is C15H20INO4. The lowest BCUT2D eigenvalue weighted by Gasteiger charge is -2.34. The minimum absolute atomic E-state index is 0.107. The van der Waals surface area contributed by atoms with Gasteiger partial charge < -0.3 is 19.9 Å². The molecule has 2 unspecified atom stereocenters. The number of halogens is 1. The molecule has 4 atom stereocenters. The van der Waals surface area contributed by atoms with Crippen LogP contribution >= 0.6 is 22.6 Å². The Hall–Kier alpha value is -0.860. The summed E-state index contributed by atoms with van der Waals surface area (Å²) in [6.45, 7) is 2.10. The van der Waals surface area contributed by atoms with Gasteiger partial charge in [-0.1, -0.05) is 52.9 Å². The summed E-state index contributed by atoms with van der Waals surface area (Å²) in [5.74, 6) is 0. The molecule has 2 N–H and O–H groups in total. The number of alkyl halides is 1. The second-order valence-corrected chi connectivity index (χ2v) is 6.75. The highest BCUT2D eigenvalue weighted by molar-refractivity contribution is 14.1. The van der Waals surface area contributed by atoms with Gasteiger partial charge in [0.15, 0.2) is 6.29 Å². The van der Waals surface area contributed by atoms with Gasteiger partial charge in [-0.05, 0) is 25.3 Å². The van der Waals surface area contributed by atoms with Gasteiger partial charge in [-0.2, -0.15) is 0 Å². The molecule has 116 valence electrons. The van der Waals surface area contributed by atoms with Crippen molar-refractivity contribution < 1.29 is 19.4 Å². The zero-order chi connectivity index (χ0) is 15.2. The number of alkyl carbamates (subject to hydrolysis) is 1. The molecule has 0 spiro atoms. The zero-order valence-electron chi connectivity index (χ0n) is 11.9. The number of amides is 1. The van der Waals surface area contributed by atoms with E-state index in [0.717, 1.165) is 18.4 Å². The van der Waals surface area contributed by atoms with Crippen molar-refractivity contribution in [2.75, 3.05) is 0 Å². The van der Waals surface area contributed by atoms with Gasteiger partial charge in [0.1, 0.15) is 6.61 Å². The molecule has 21 heavy (non-hydrogen) atoms. The van der Waals surface area contributed by atoms with Gasteiger partial charge in [-0.25, -0.2) is 4.79 Å². The van der Waals surface area contributed by atoms with Crippen molar-refractivity contribution in [2.24, 2.45) is 0 Å². The molecule has 5 nitrogen and oxygen atoms in total. The van der Waals surface area contributed by atoms with Crippen LogP contribution in [0.3, 0.4) is 0 Å². The van der Waals surface area contributed by atoms with E-state index in [9.17, 15) is 9.90 Å². The van der Waals surface area contributed by atoms with Crippen molar-refractivity contribution in [3.8, 4) is 0 Å². The van der Waals surface area contributed by atoms with Gasteiger partial charge in [-0.15, -0.1) is 0 Å². The van der Waals surface area contributed by atoms with E-state index in [1.165, 1.54) is 0 Å². The van der Waals surface area contributed by atoms with E-state index in [1.54, 1.807) is 0 Å². The van der Waals surface area contributed by atoms with Crippen LogP contribution in [0.5, 0.6) is 0 Å². The predicted molar refractivity (Wildman–Crippen MR) is 87.1 cm³/mol. The summed E-state index contributed by atoms with van der Waals surface area (Å²) < 4.78 is 10.8. The zero-order valence-corrected chi connectivity index (χ0v) is 14.0. The number of aliphatic hydroxyl groups is 1. The Kier molecular flexibility index (Phi) is 6.25. The molecule has 1 saturated heterocycles. The third-order valence-corrected chi connectivity index (χ3v) is 4.70. The summed E-state index contributed by atoms with van der Waals surface area (Å²) in [4.78, 5) is 11.8. The quantitative estimate of drug-likeness (QED) is 0.597. The van der Waals surface area contributed by atoms with Gasteiger partial charge in [0.05, 0.1) is 16.1 Å². The van der Waals surface area contributed by atoms with Crippen molar-refractivity contribution in [3.63, 3.8) is 0 Å². The third kappa shape index (κ3) is 5.12. The van der Waals surface area contributed by atoms with Crippen LogP contribution in [0.2, 0.25) is 0 Å². The number of carbonyl (C=O) groups is 1. The summed E-state index contributed by atoms with van der Waals surface area (Å²) in [5, 5.41) is 12.5. The average Bonchev–Trinajstić information content (AvgIpc) is 2.49. The van der Waals surface area contributed by atoms with E-state index in [-0.39, 0.29) is 22.7 Å². The molecule has 6 heteroatoms. The molecule has 1 heterocycles. The number of nitrogens with one attached hydrogen (secondary N) is 1. The topological polar surface area (TPSA) is 67.8 Å². The van der Waals surface area contributed by atoms with Crippen LogP contribution in [-0.2, 0) is 16.1 Å². The molecule has 0 saturated carbocycles. The summed E-state index contributed by atoms with van der Waals surface area (Å²) in [5.41, 5.74) is 0.942. The maximum atomic E-state index is 11.8. The van der Waals surface area contributed by atoms with Crippen LogP contribution in [0, 0.1) is 0 Å². The highest BCUT2D eigenvalue weighted by Gasteiger charge is 2.31. The molecule has 1 amide bonds. The molecule has 1 aromatic carbocycles. The molecule has 0 aliphatic carbocycles. The van der Waals surface area contributed by atoms with Crippen LogP contribution < -0.4 is 5.32 Å². The van der Waals surface area contributed by atoms with Gasteiger partial charge in [0.25, 0.3) is 0 Å². The summed E-state index contributed by atoms with van der Waals surface area (Å²) in [7, 11) is 0. The number of ether oxygens (including phenoxy) is 2. The Bertz CT molecular complexity index is 456. The fraction of sp³-hybridized carbons (Fsp3) is 0.533. The minimum Gasteiger partial charge on any atom is -0.445 e. The molecular weight excluding hydrogens is 385 g/mol. The van der Waals surface area contributed by atoms with Crippen LogP contribution in [-0.4, -0.2) is 33.6 Å². The third-order valence-electron chi connectivity index (χ3n) is 3.47. The number of benzene rings is 1. The van der Waals surface area contributed by atoms with Gasteiger partial charge in [-0.3, -0.25) is 0 Å². The second kappa shape index (κ2) is 7.95. The molecule has 2 rings (SSSR count). The lowest BCUT2D eigenvalue weighted by atomic mass is 10.0. The normalized spacial score (nSPS) is 26.9. The van der Waals surface area contributed by atoms with Crippen LogP contribution in [0.1, 0.15) is 25.3 Å². The van der Waals surface area contributed by atoms with Crippen LogP contribution in [0.25, 0.3) is 0 Å². The fourth-order valence-corrected chi connectivity index (χ4v) is 2.74. The molecule has 1 aliphatic rings. The summed E-state index contributed by atoms with van der Waals surface area (Å²) in [6, 6.07) is 9.31. The van der Waals surface area contributed by atoms with Gasteiger partial charge in [0.2, 0.25) is 0 Å². The van der Waals surface area contributed by atoms with Crippen molar-refractivity contribution in [2.45, 2.75) is 48.7 Å². The Morgan fingerprint density at radius 1 is 1.48 bits per heavy atom. The molecule has 1 fully saturated rings. The van der Waals surface area contributed by atoms with E-state index in [0.29, 0.717) is 0 Å². The minimum atomic E-state index is -0.770. The predicted octanol–water partition coefficient (Wildman–Crippen LogP) is 2.60. The van der Waals surface area contributed by atoms with Crippen molar-refractivity contribution in [3.05, 3.63) is 35.9 Å². The van der Waals surface area contributed by atoms with E-state index >= 15 is 0 Å². The van der Waals surface area contributed by atoms with Crippen molar-refractivity contribution in [1.82, 2.24) is 5.32 Å². The summed E-state index contributed by atoms with van der Waals surface area (Å²) in [6.07, 6.45) is 0.257. The number of hydrogen-bond donors (Lipinski definition) is 2. The maximum absolute atomic E-state index is 11.8. The first-order valence-electron chi connectivity index (χ1n) is 7.01. The monoisotopic (exact) mass is 405 g/mol. The number of hydrogen-bond acceptors (Lipinski definition) is 4. The Morgan fingerprint density at radius 3 is 2.86 bits per heavy atom. The lowest BCUT2D eigenvalue weighted by molar-refractivity contribution is -0.161. The summed E-state index contributed by atoms with van der Waals surface area (Å²) >= 11 is 2.17. The van der Waals surface area contributed by atoms with E-state index in [4.69, 9.17) is 9.47 Å². The van der Waals surface area contributed by atoms with Crippen LogP contribution in [0.4, 0.5) is 4.79 Å². The van der Waals surface area contributed by atoms with Crippen molar-refractivity contribution >= 4 is 28.7 Å². The van der Waals surface area contributed by atoms with E-state index < -0.39 is 12.4 Å². The first-order valence-corrected chi connectivity index (χ1v) is 8.25. The number of carbonyl (C=O) groups excluding carboxylic acids is 1. The Morgan fingerprint density at radius 2 is 2.19 bits per heavy atom. The fourth-order valence-electron chi connectivity index (χ4n) is 2.21. The standard InChI is InChI=1S/C15H20INO4/c1-10(13-8-7-12(16)14(18)21-13)17-15(19)20-9-11-5-3-2-4-6-11/h2-6,10,12-14,18H,7-9H2,1H3,(H,17,19)/t10-,12?,13-,14?/m0/s1. The first-order chi connectivity index (χ1) is 10.1. The molecule has 0 aromatic heterocycles. The Labute approximate surface area is 138 Å². The SMILES string of the molecule is C[C@H](NC(=O)OCc1ccccc1)[C@@H]1CCC(I)C(O)O1. The highest BCUT2D eigenvalue weighted by atomic mass is 127. The lowest BCUT2D eigenvalue weighted by Crippen LogP contribution is -2.48. The van der Waals surface area contributed by atoms with Gasteiger partial charge in [0, 0.05) is 0 Å². The average molecular weight is 405 g/mol. The molecule has 1 aliphatic heterocycles. The molecule has 0 bridgehead atoms. The van der Waals surface area contributed by atoms with Gasteiger partial charge >= 0.3 is 6.09 Å².